The molecule has 7 nitrogen and oxygen atoms in total. The van der Waals surface area contributed by atoms with Crippen molar-refractivity contribution < 1.29 is 19.4 Å². The van der Waals surface area contributed by atoms with Crippen LogP contribution in [0.1, 0.15) is 49.0 Å². The van der Waals surface area contributed by atoms with Gasteiger partial charge in [0.25, 0.3) is 5.91 Å². The van der Waals surface area contributed by atoms with E-state index in [2.05, 4.69) is 24.3 Å². The Kier molecular flexibility index (Phi) is 7.56. The molecular formula is C31H28N2O5S. The molecule has 39 heavy (non-hydrogen) atoms. The van der Waals surface area contributed by atoms with E-state index in [9.17, 15) is 19.5 Å². The second kappa shape index (κ2) is 11.2. The number of ether oxygens (including phenoxy) is 1. The summed E-state index contributed by atoms with van der Waals surface area (Å²) in [7, 11) is 3.19. The van der Waals surface area contributed by atoms with E-state index < -0.39 is 22.9 Å². The number of amides is 1. The normalized spacial score (nSPS) is 14.1. The lowest BCUT2D eigenvalue weighted by molar-refractivity contribution is 0.0690. The van der Waals surface area contributed by atoms with Crippen LogP contribution in [-0.2, 0) is 18.9 Å². The highest BCUT2D eigenvalue weighted by Gasteiger charge is 2.30. The number of nitrogens with zero attached hydrogens (tertiary/aromatic N) is 2. The van der Waals surface area contributed by atoms with Gasteiger partial charge in [0.1, 0.15) is 12.2 Å². The molecule has 5 rings (SSSR count). The van der Waals surface area contributed by atoms with Gasteiger partial charge in [0.15, 0.2) is 11.4 Å². The summed E-state index contributed by atoms with van der Waals surface area (Å²) in [6.45, 7) is 0.254. The third-order valence-corrected chi connectivity index (χ3v) is 7.93. The number of pyridine rings is 1. The maximum atomic E-state index is 13.6. The van der Waals surface area contributed by atoms with E-state index in [0.717, 1.165) is 27.3 Å². The lowest BCUT2D eigenvalue weighted by Crippen LogP contribution is -2.32. The Labute approximate surface area is 230 Å². The molecule has 1 unspecified atom stereocenters. The molecule has 2 heterocycles. The molecule has 0 saturated carbocycles. The van der Waals surface area contributed by atoms with Crippen LogP contribution in [0.2, 0.25) is 0 Å². The van der Waals surface area contributed by atoms with Crippen LogP contribution in [0, 0.1) is 0 Å². The number of carbonyl (C=O) groups is 2. The molecule has 0 saturated heterocycles. The molecule has 3 aromatic carbocycles. The van der Waals surface area contributed by atoms with Crippen LogP contribution in [0.15, 0.2) is 94.7 Å². The van der Waals surface area contributed by atoms with Gasteiger partial charge >= 0.3 is 5.97 Å². The summed E-state index contributed by atoms with van der Waals surface area (Å²) in [5, 5.41) is 9.94. The van der Waals surface area contributed by atoms with Crippen LogP contribution in [0.25, 0.3) is 0 Å². The Balaban J connectivity index is 1.70. The zero-order valence-corrected chi connectivity index (χ0v) is 22.5. The number of carbonyl (C=O) groups excluding carboxylic acids is 1. The molecule has 1 aromatic heterocycles. The van der Waals surface area contributed by atoms with E-state index >= 15 is 0 Å². The van der Waals surface area contributed by atoms with E-state index in [1.807, 2.05) is 54.6 Å². The van der Waals surface area contributed by atoms with Crippen LogP contribution in [0.3, 0.4) is 0 Å². The molecule has 1 atom stereocenters. The van der Waals surface area contributed by atoms with Crippen molar-refractivity contribution in [1.82, 2.24) is 9.47 Å². The monoisotopic (exact) mass is 540 g/mol. The van der Waals surface area contributed by atoms with Gasteiger partial charge in [-0.05, 0) is 28.3 Å². The number of hydrogen-bond donors (Lipinski definition) is 1. The number of aromatic nitrogens is 1. The first kappa shape index (κ1) is 26.3. The Morgan fingerprint density at radius 1 is 0.974 bits per heavy atom. The first-order chi connectivity index (χ1) is 18.8. The number of aromatic carboxylic acids is 1. The molecule has 1 aliphatic rings. The van der Waals surface area contributed by atoms with Crippen molar-refractivity contribution in [3.05, 3.63) is 129 Å². The molecule has 0 spiro atoms. The number of rotatable bonds is 7. The molecule has 0 aliphatic carbocycles. The van der Waals surface area contributed by atoms with Crippen LogP contribution in [-0.4, -0.2) is 40.5 Å². The van der Waals surface area contributed by atoms with E-state index in [-0.39, 0.29) is 30.5 Å². The van der Waals surface area contributed by atoms with Crippen molar-refractivity contribution in [2.24, 2.45) is 0 Å². The highest BCUT2D eigenvalue weighted by molar-refractivity contribution is 7.98. The predicted molar refractivity (Wildman–Crippen MR) is 151 cm³/mol. The maximum Gasteiger partial charge on any atom is 0.341 e. The fourth-order valence-electron chi connectivity index (χ4n) is 4.85. The van der Waals surface area contributed by atoms with Crippen molar-refractivity contribution >= 4 is 23.6 Å². The van der Waals surface area contributed by atoms with E-state index in [4.69, 9.17) is 4.74 Å². The highest BCUT2D eigenvalue weighted by Crippen LogP contribution is 2.41. The van der Waals surface area contributed by atoms with Gasteiger partial charge in [-0.25, -0.2) is 4.79 Å². The third-order valence-electron chi connectivity index (χ3n) is 6.79. The molecule has 198 valence electrons. The molecule has 0 bridgehead atoms. The van der Waals surface area contributed by atoms with Gasteiger partial charge in [-0.15, -0.1) is 11.8 Å². The zero-order valence-electron chi connectivity index (χ0n) is 21.7. The Hall–Kier alpha value is -4.30. The molecule has 4 aromatic rings. The van der Waals surface area contributed by atoms with Crippen LogP contribution in [0.5, 0.6) is 5.75 Å². The van der Waals surface area contributed by atoms with Crippen LogP contribution in [0.4, 0.5) is 0 Å². The number of fused-ring (bicyclic) bond motifs is 2. The second-order valence-electron chi connectivity index (χ2n) is 9.56. The predicted octanol–water partition coefficient (Wildman–Crippen LogP) is 5.27. The van der Waals surface area contributed by atoms with E-state index in [1.165, 1.54) is 16.7 Å². The summed E-state index contributed by atoms with van der Waals surface area (Å²) >= 11 is 1.75. The van der Waals surface area contributed by atoms with Gasteiger partial charge < -0.3 is 19.3 Å². The molecule has 1 amide bonds. The van der Waals surface area contributed by atoms with E-state index in [0.29, 0.717) is 0 Å². The van der Waals surface area contributed by atoms with Gasteiger partial charge in [-0.2, -0.15) is 0 Å². The first-order valence-electron chi connectivity index (χ1n) is 12.5. The SMILES string of the molecule is CN(C)C(=O)c1c(OCc2ccccc2)c(=O)c(C(=O)O)cn1CC1c2ccccc2CSc2ccccc21. The number of carboxylic acid groups (broad SMARTS) is 1. The fraction of sp³-hybridized carbons (Fsp3) is 0.194. The molecule has 0 fully saturated rings. The van der Waals surface area contributed by atoms with Crippen molar-refractivity contribution in [3.8, 4) is 5.75 Å². The van der Waals surface area contributed by atoms with Crippen molar-refractivity contribution in [1.29, 1.82) is 0 Å². The third kappa shape index (κ3) is 5.33. The average Bonchev–Trinajstić information content (AvgIpc) is 3.10. The van der Waals surface area contributed by atoms with E-state index in [1.54, 1.807) is 30.4 Å². The summed E-state index contributed by atoms with van der Waals surface area (Å²) in [5.74, 6) is -1.48. The molecule has 1 N–H and O–H groups in total. The van der Waals surface area contributed by atoms with Gasteiger partial charge in [-0.1, -0.05) is 72.8 Å². The molecular weight excluding hydrogens is 512 g/mol. The Bertz CT molecular complexity index is 1550. The lowest BCUT2D eigenvalue weighted by Gasteiger charge is -2.25. The highest BCUT2D eigenvalue weighted by atomic mass is 32.2. The summed E-state index contributed by atoms with van der Waals surface area (Å²) in [5.41, 5.74) is 2.90. The summed E-state index contributed by atoms with van der Waals surface area (Å²) < 4.78 is 7.55. The average molecular weight is 541 g/mol. The van der Waals surface area contributed by atoms with Gasteiger partial charge in [0.2, 0.25) is 5.43 Å². The van der Waals surface area contributed by atoms with Gasteiger partial charge in [0, 0.05) is 43.4 Å². The topological polar surface area (TPSA) is 88.8 Å². The molecule has 8 heteroatoms. The Morgan fingerprint density at radius 2 is 1.64 bits per heavy atom. The quantitative estimate of drug-likeness (QED) is 0.344. The smallest absolute Gasteiger partial charge is 0.341 e. The number of benzene rings is 3. The molecule has 1 aliphatic heterocycles. The fourth-order valence-corrected chi connectivity index (χ4v) is 5.98. The summed E-state index contributed by atoms with van der Waals surface area (Å²) in [6.07, 6.45) is 1.28. The first-order valence-corrected chi connectivity index (χ1v) is 13.5. The molecule has 0 radical (unpaired) electrons. The van der Waals surface area contributed by atoms with Gasteiger partial charge in [-0.3, -0.25) is 9.59 Å². The number of thioether (sulfide) groups is 1. The van der Waals surface area contributed by atoms with Crippen LogP contribution >= 0.6 is 11.8 Å². The zero-order chi connectivity index (χ0) is 27.5. The van der Waals surface area contributed by atoms with Crippen LogP contribution < -0.4 is 10.2 Å². The largest absolute Gasteiger partial charge is 0.483 e. The minimum absolute atomic E-state index is 0.0125. The minimum Gasteiger partial charge on any atom is -0.483 e. The van der Waals surface area contributed by atoms with Gasteiger partial charge in [0.05, 0.1) is 0 Å². The van der Waals surface area contributed by atoms with Crippen molar-refractivity contribution in [2.45, 2.75) is 29.7 Å². The summed E-state index contributed by atoms with van der Waals surface area (Å²) in [4.78, 5) is 41.6. The number of carboxylic acids is 1. The minimum atomic E-state index is -1.38. The van der Waals surface area contributed by atoms with Crippen molar-refractivity contribution in [2.75, 3.05) is 14.1 Å². The standard InChI is InChI=1S/C31H28N2O5S/c1-32(2)30(35)27-29(38-18-20-10-4-3-5-11-20)28(34)25(31(36)37)17-33(27)16-24-22-13-7-6-12-21(22)19-39-26-15-9-8-14-23(24)26/h3-15,17,24H,16,18-19H2,1-2H3,(H,36,37). The van der Waals surface area contributed by atoms with Crippen molar-refractivity contribution in [3.63, 3.8) is 0 Å². The lowest BCUT2D eigenvalue weighted by atomic mass is 9.88. The second-order valence-corrected chi connectivity index (χ2v) is 10.6. The number of hydrogen-bond acceptors (Lipinski definition) is 5. The maximum absolute atomic E-state index is 13.6. The summed E-state index contributed by atoms with van der Waals surface area (Å²) in [6, 6.07) is 25.5. The Morgan fingerprint density at radius 3 is 2.36 bits per heavy atom.